The van der Waals surface area contributed by atoms with Crippen LogP contribution in [-0.2, 0) is 26.5 Å². The minimum Gasteiger partial charge on any atom is -0.501 e. The van der Waals surface area contributed by atoms with E-state index in [2.05, 4.69) is 48.9 Å². The van der Waals surface area contributed by atoms with Crippen LogP contribution >= 0.6 is 0 Å². The van der Waals surface area contributed by atoms with Crippen molar-refractivity contribution in [3.05, 3.63) is 143 Å². The van der Waals surface area contributed by atoms with Gasteiger partial charge in [0.25, 0.3) is 0 Å². The Balaban J connectivity index is 0.000000267. The normalized spacial score (nSPS) is 15.2. The second kappa shape index (κ2) is 14.5. The van der Waals surface area contributed by atoms with Crippen LogP contribution in [0.15, 0.2) is 108 Å². The molecule has 3 heterocycles. The number of benzene rings is 4. The summed E-state index contributed by atoms with van der Waals surface area (Å²) in [5, 5.41) is 10.9. The van der Waals surface area contributed by atoms with Gasteiger partial charge in [0.05, 0.1) is 20.0 Å². The summed E-state index contributed by atoms with van der Waals surface area (Å²) < 4.78 is 91.5. The number of hydrogen-bond acceptors (Lipinski definition) is 4. The number of aryl methyl sites for hydroxylation is 3. The molecule has 0 spiro atoms. The van der Waals surface area contributed by atoms with Crippen molar-refractivity contribution < 1.29 is 39.6 Å². The zero-order valence-corrected chi connectivity index (χ0v) is 28.8. The molecule has 4 aromatic carbocycles. The Morgan fingerprint density at radius 2 is 1.65 bits per heavy atom. The van der Waals surface area contributed by atoms with E-state index in [1.165, 1.54) is 30.6 Å². The van der Waals surface area contributed by atoms with E-state index in [0.29, 0.717) is 45.7 Å². The molecule has 0 unspecified atom stereocenters. The van der Waals surface area contributed by atoms with E-state index in [0.717, 1.165) is 16.3 Å². The fourth-order valence-electron chi connectivity index (χ4n) is 5.22. The molecular formula is C43H37IrN3O-2. The van der Waals surface area contributed by atoms with Gasteiger partial charge < -0.3 is 14.4 Å². The van der Waals surface area contributed by atoms with Crippen LogP contribution in [0, 0.1) is 49.4 Å². The maximum absolute atomic E-state index is 9.27. The fourth-order valence-corrected chi connectivity index (χ4v) is 5.22. The molecule has 0 aliphatic carbocycles. The summed E-state index contributed by atoms with van der Waals surface area (Å²) in [6.45, 7) is -0.564. The van der Waals surface area contributed by atoms with Gasteiger partial charge in [0.15, 0.2) is 0 Å². The van der Waals surface area contributed by atoms with E-state index in [1.54, 1.807) is 48.5 Å². The molecule has 48 heavy (non-hydrogen) atoms. The maximum Gasteiger partial charge on any atom is 0.122 e. The SMILES string of the molecule is [2H]C([2H])([2H])c1c[c-]c(-c2ccc(C([2H])([2H])[2H])cn2)cc1.[2H]c1cc(CC(C)(C)C)cc([2H])c1-c1cc(-c2[c-]ccc3c2oc2cc(C#N)ccc23)ncc1C([2H])([2H])[2H].[Ir]. The van der Waals surface area contributed by atoms with E-state index in [-0.39, 0.29) is 65.4 Å². The summed E-state index contributed by atoms with van der Waals surface area (Å²) in [5.41, 5.74) is 5.34. The van der Waals surface area contributed by atoms with Crippen molar-refractivity contribution in [1.29, 1.82) is 5.26 Å². The summed E-state index contributed by atoms with van der Waals surface area (Å²) >= 11 is 0. The average Bonchev–Trinajstić information content (AvgIpc) is 3.51. The number of rotatable bonds is 4. The van der Waals surface area contributed by atoms with Crippen LogP contribution in [0.25, 0.3) is 55.6 Å². The average molecular weight is 815 g/mol. The number of fused-ring (bicyclic) bond motifs is 3. The summed E-state index contributed by atoms with van der Waals surface area (Å²) in [4.78, 5) is 8.53. The number of nitrogens with zero attached hydrogens (tertiary/aromatic N) is 3. The van der Waals surface area contributed by atoms with Crippen molar-refractivity contribution in [2.24, 2.45) is 5.41 Å². The van der Waals surface area contributed by atoms with Gasteiger partial charge in [0, 0.05) is 50.2 Å². The number of furan rings is 1. The van der Waals surface area contributed by atoms with Crippen LogP contribution in [0.3, 0.4) is 0 Å². The predicted octanol–water partition coefficient (Wildman–Crippen LogP) is 11.0. The van der Waals surface area contributed by atoms with E-state index in [4.69, 9.17) is 19.5 Å². The van der Waals surface area contributed by atoms with E-state index in [9.17, 15) is 5.26 Å². The van der Waals surface area contributed by atoms with Gasteiger partial charge in [-0.1, -0.05) is 87.1 Å². The Labute approximate surface area is 312 Å². The monoisotopic (exact) mass is 815 g/mol. The largest absolute Gasteiger partial charge is 0.501 e. The molecule has 0 saturated carbocycles. The quantitative estimate of drug-likeness (QED) is 0.166. The van der Waals surface area contributed by atoms with Crippen molar-refractivity contribution >= 4 is 21.9 Å². The molecule has 1 radical (unpaired) electrons. The van der Waals surface area contributed by atoms with Crippen LogP contribution in [0.5, 0.6) is 0 Å². The van der Waals surface area contributed by atoms with E-state index in [1.807, 2.05) is 12.1 Å². The van der Waals surface area contributed by atoms with Crippen LogP contribution < -0.4 is 0 Å². The zero-order chi connectivity index (χ0) is 42.4. The molecule has 0 amide bonds. The number of nitriles is 1. The van der Waals surface area contributed by atoms with Gasteiger partial charge in [-0.25, -0.2) is 0 Å². The van der Waals surface area contributed by atoms with Crippen molar-refractivity contribution in [2.75, 3.05) is 0 Å². The van der Waals surface area contributed by atoms with Crippen LogP contribution in [-0.4, -0.2) is 9.97 Å². The van der Waals surface area contributed by atoms with Gasteiger partial charge in [-0.05, 0) is 76.9 Å². The first-order valence-corrected chi connectivity index (χ1v) is 14.9. The van der Waals surface area contributed by atoms with E-state index < -0.39 is 20.6 Å². The number of aromatic nitrogens is 2. The predicted molar refractivity (Wildman–Crippen MR) is 192 cm³/mol. The molecule has 0 fully saturated rings. The molecule has 0 aliphatic heterocycles. The molecule has 5 heteroatoms. The van der Waals surface area contributed by atoms with Crippen molar-refractivity contribution in [3.8, 4) is 39.7 Å². The topological polar surface area (TPSA) is 62.7 Å². The fraction of sp³-hybridized carbons (Fsp3) is 0.186. The molecular weight excluding hydrogens is 767 g/mol. The Kier molecular flexibility index (Phi) is 6.83. The first-order valence-electron chi connectivity index (χ1n) is 20.4. The second-order valence-corrected chi connectivity index (χ2v) is 12.3. The van der Waals surface area contributed by atoms with Crippen LogP contribution in [0.4, 0.5) is 0 Å². The third-order valence-corrected chi connectivity index (χ3v) is 7.38. The molecule has 0 saturated heterocycles. The summed E-state index contributed by atoms with van der Waals surface area (Å²) in [7, 11) is 0. The number of pyridine rings is 2. The number of hydrogen-bond donors (Lipinski definition) is 0. The molecule has 7 aromatic rings. The van der Waals surface area contributed by atoms with Crippen LogP contribution in [0.1, 0.15) is 63.7 Å². The van der Waals surface area contributed by atoms with E-state index >= 15 is 0 Å². The second-order valence-electron chi connectivity index (χ2n) is 12.3. The molecule has 241 valence electrons. The Bertz CT molecular complexity index is 2590. The van der Waals surface area contributed by atoms with Crippen LogP contribution in [0.2, 0.25) is 0 Å². The minimum absolute atomic E-state index is 0. The first-order chi connectivity index (χ1) is 27.0. The molecule has 3 aromatic heterocycles. The van der Waals surface area contributed by atoms with Gasteiger partial charge in [-0.3, -0.25) is 0 Å². The van der Waals surface area contributed by atoms with Crippen molar-refractivity contribution in [2.45, 2.75) is 47.7 Å². The smallest absolute Gasteiger partial charge is 0.122 e. The van der Waals surface area contributed by atoms with Crippen molar-refractivity contribution in [1.82, 2.24) is 9.97 Å². The van der Waals surface area contributed by atoms with Gasteiger partial charge >= 0.3 is 0 Å². The molecule has 0 atom stereocenters. The van der Waals surface area contributed by atoms with Gasteiger partial charge in [0.2, 0.25) is 0 Å². The Morgan fingerprint density at radius 1 is 0.854 bits per heavy atom. The molecule has 0 bridgehead atoms. The summed E-state index contributed by atoms with van der Waals surface area (Å²) in [6.07, 6.45) is 3.28. The third kappa shape index (κ3) is 7.80. The Morgan fingerprint density at radius 3 is 2.31 bits per heavy atom. The third-order valence-electron chi connectivity index (χ3n) is 7.38. The van der Waals surface area contributed by atoms with Gasteiger partial charge in [0.1, 0.15) is 5.58 Å². The van der Waals surface area contributed by atoms with Gasteiger partial charge in [-0.15, -0.1) is 53.6 Å². The Hall–Kier alpha value is -4.88. The standard InChI is InChI=1S/C30H25N2O.C13H12N.Ir/c1-19-18-32-27(15-26(19)22-11-8-20(9-12-22)16-30(2,3)4)25-7-5-6-24-23-13-10-21(17-31)14-28(23)33-29(24)25;1-10-3-6-12(7-4-10)13-8-5-11(2)9-14-13;/h5-6,8-15,18H,16H2,1-4H3;3-6,8-9H,1-2H3;/q2*-1;/i1D3,11D,12D;1D3,2D3;. The molecule has 4 nitrogen and oxygen atoms in total. The molecule has 0 N–H and O–H groups in total. The minimum atomic E-state index is -2.49. The molecule has 7 rings (SSSR count). The summed E-state index contributed by atoms with van der Waals surface area (Å²) in [6, 6.07) is 29.8. The molecule has 0 aliphatic rings. The maximum atomic E-state index is 9.27. The summed E-state index contributed by atoms with van der Waals surface area (Å²) in [5.74, 6) is 0. The van der Waals surface area contributed by atoms with Crippen molar-refractivity contribution in [3.63, 3.8) is 0 Å². The first kappa shape index (κ1) is 22.6. The zero-order valence-electron chi connectivity index (χ0n) is 37.5. The van der Waals surface area contributed by atoms with Gasteiger partial charge in [-0.2, -0.15) is 5.26 Å².